The zero-order valence-electron chi connectivity index (χ0n) is 17.2. The summed E-state index contributed by atoms with van der Waals surface area (Å²) in [6.45, 7) is 3.89. The van der Waals surface area contributed by atoms with Crippen molar-refractivity contribution in [2.24, 2.45) is 0 Å². The van der Waals surface area contributed by atoms with E-state index in [1.807, 2.05) is 19.9 Å². The quantitative estimate of drug-likeness (QED) is 0.431. The van der Waals surface area contributed by atoms with Crippen molar-refractivity contribution in [3.8, 4) is 17.4 Å². The van der Waals surface area contributed by atoms with Gasteiger partial charge in [0.15, 0.2) is 5.82 Å². The van der Waals surface area contributed by atoms with Gasteiger partial charge in [-0.2, -0.15) is 13.8 Å². The number of anilines is 1. The number of hydrogen-bond donors (Lipinski definition) is 1. The molecule has 0 aliphatic carbocycles. The molecule has 3 heterocycles. The van der Waals surface area contributed by atoms with Gasteiger partial charge in [0.1, 0.15) is 23.1 Å². The molecule has 0 bridgehead atoms. The number of rotatable bonds is 5. The molecule has 1 amide bonds. The molecule has 2 aromatic carbocycles. The highest BCUT2D eigenvalue weighted by Crippen LogP contribution is 2.23. The van der Waals surface area contributed by atoms with E-state index in [1.165, 1.54) is 6.33 Å². The Balaban J connectivity index is 1.28. The van der Waals surface area contributed by atoms with E-state index in [0.29, 0.717) is 34.2 Å². The lowest BCUT2D eigenvalue weighted by Gasteiger charge is -2.09. The van der Waals surface area contributed by atoms with E-state index in [0.717, 1.165) is 28.6 Å². The summed E-state index contributed by atoms with van der Waals surface area (Å²) in [4.78, 5) is 21.0. The molecule has 3 aromatic heterocycles. The number of nitrogens with zero attached hydrogens (tertiary/aromatic N) is 6. The molecule has 9 nitrogen and oxygen atoms in total. The third-order valence-corrected chi connectivity index (χ3v) is 5.26. The Kier molecular flexibility index (Phi) is 5.04. The highest BCUT2D eigenvalue weighted by Gasteiger charge is 2.10. The van der Waals surface area contributed by atoms with Gasteiger partial charge >= 0.3 is 0 Å². The van der Waals surface area contributed by atoms with E-state index >= 15 is 0 Å². The fraction of sp³-hybridized carbons (Fsp3) is 0.0909. The van der Waals surface area contributed by atoms with Crippen LogP contribution >= 0.6 is 11.7 Å². The van der Waals surface area contributed by atoms with Crippen LogP contribution in [0.5, 0.6) is 11.6 Å². The number of benzene rings is 2. The summed E-state index contributed by atoms with van der Waals surface area (Å²) in [6, 6.07) is 16.0. The zero-order valence-corrected chi connectivity index (χ0v) is 18.0. The predicted octanol–water partition coefficient (Wildman–Crippen LogP) is 4.33. The van der Waals surface area contributed by atoms with Crippen LogP contribution in [0.3, 0.4) is 0 Å². The number of hydrogen-bond acceptors (Lipinski definition) is 8. The van der Waals surface area contributed by atoms with Crippen molar-refractivity contribution in [2.75, 3.05) is 5.32 Å². The Bertz CT molecular complexity index is 1430. The number of fused-ring (bicyclic) bond motifs is 1. The number of nitrogens with one attached hydrogen (secondary N) is 1. The second-order valence-corrected chi connectivity index (χ2v) is 7.63. The Morgan fingerprint density at radius 2 is 1.78 bits per heavy atom. The van der Waals surface area contributed by atoms with Crippen molar-refractivity contribution in [2.45, 2.75) is 13.8 Å². The van der Waals surface area contributed by atoms with E-state index in [-0.39, 0.29) is 5.91 Å². The minimum Gasteiger partial charge on any atom is -0.439 e. The molecule has 0 aliphatic rings. The van der Waals surface area contributed by atoms with E-state index in [1.54, 1.807) is 53.2 Å². The van der Waals surface area contributed by atoms with Crippen LogP contribution in [0.2, 0.25) is 0 Å². The highest BCUT2D eigenvalue weighted by molar-refractivity contribution is 7.00. The fourth-order valence-corrected chi connectivity index (χ4v) is 3.73. The monoisotopic (exact) mass is 443 g/mol. The molecule has 0 unspecified atom stereocenters. The van der Waals surface area contributed by atoms with Gasteiger partial charge in [0, 0.05) is 23.0 Å². The van der Waals surface area contributed by atoms with Crippen molar-refractivity contribution >= 4 is 34.4 Å². The zero-order chi connectivity index (χ0) is 22.1. The van der Waals surface area contributed by atoms with Crippen LogP contribution in [0, 0.1) is 13.8 Å². The van der Waals surface area contributed by atoms with Gasteiger partial charge in [0.25, 0.3) is 5.91 Å². The van der Waals surface area contributed by atoms with Gasteiger partial charge in [0.05, 0.1) is 17.4 Å². The summed E-state index contributed by atoms with van der Waals surface area (Å²) in [5.41, 5.74) is 4.52. The van der Waals surface area contributed by atoms with Gasteiger partial charge in [-0.15, -0.1) is 0 Å². The second kappa shape index (κ2) is 8.16. The lowest BCUT2D eigenvalue weighted by Crippen LogP contribution is -2.11. The van der Waals surface area contributed by atoms with Crippen molar-refractivity contribution < 1.29 is 9.53 Å². The third-order valence-electron chi connectivity index (χ3n) is 4.70. The van der Waals surface area contributed by atoms with Gasteiger partial charge < -0.3 is 10.1 Å². The van der Waals surface area contributed by atoms with Crippen LogP contribution < -0.4 is 10.1 Å². The van der Waals surface area contributed by atoms with Gasteiger partial charge in [-0.3, -0.25) is 4.79 Å². The first kappa shape index (κ1) is 19.8. The molecular formula is C22H17N7O2S. The topological polar surface area (TPSA) is 108 Å². The average Bonchev–Trinajstić information content (AvgIpc) is 3.40. The van der Waals surface area contributed by atoms with Crippen molar-refractivity contribution in [3.63, 3.8) is 0 Å². The molecule has 5 rings (SSSR count). The number of aryl methyl sites for hydroxylation is 2. The van der Waals surface area contributed by atoms with E-state index in [4.69, 9.17) is 4.74 Å². The van der Waals surface area contributed by atoms with E-state index < -0.39 is 0 Å². The van der Waals surface area contributed by atoms with Crippen LogP contribution in [0.1, 0.15) is 21.7 Å². The molecule has 0 atom stereocenters. The maximum absolute atomic E-state index is 12.5. The molecular weight excluding hydrogens is 426 g/mol. The van der Waals surface area contributed by atoms with Crippen LogP contribution in [0.15, 0.2) is 60.9 Å². The first-order valence-electron chi connectivity index (χ1n) is 9.72. The van der Waals surface area contributed by atoms with Crippen molar-refractivity contribution in [1.82, 2.24) is 28.5 Å². The Labute approximate surface area is 187 Å². The molecule has 1 N–H and O–H groups in total. The number of aromatic nitrogens is 6. The van der Waals surface area contributed by atoms with E-state index in [2.05, 4.69) is 29.1 Å². The summed E-state index contributed by atoms with van der Waals surface area (Å²) >= 11 is 1.12. The number of ether oxygens (including phenoxy) is 1. The molecule has 158 valence electrons. The largest absolute Gasteiger partial charge is 0.439 e. The average molecular weight is 443 g/mol. The Hall–Kier alpha value is -4.18. The second-order valence-electron chi connectivity index (χ2n) is 7.10. The van der Waals surface area contributed by atoms with Crippen LogP contribution in [0.25, 0.3) is 16.9 Å². The smallest absolute Gasteiger partial charge is 0.255 e. The van der Waals surface area contributed by atoms with Crippen molar-refractivity contribution in [1.29, 1.82) is 0 Å². The molecule has 0 fully saturated rings. The lowest BCUT2D eigenvalue weighted by molar-refractivity contribution is 0.102. The first-order valence-corrected chi connectivity index (χ1v) is 10.5. The lowest BCUT2D eigenvalue weighted by atomic mass is 10.2. The Morgan fingerprint density at radius 3 is 2.56 bits per heavy atom. The predicted molar refractivity (Wildman–Crippen MR) is 121 cm³/mol. The van der Waals surface area contributed by atoms with Gasteiger partial charge in [-0.05, 0) is 62.4 Å². The fourth-order valence-electron chi connectivity index (χ4n) is 3.22. The standard InChI is InChI=1S/C22H17N7O2S/c1-13-9-14(2)29(26-13)20-11-21(24-12-23-20)31-17-6-4-16(5-7-17)25-22(30)15-3-8-18-19(10-15)28-32-27-18/h3-12H,1-2H3,(H,25,30). The minimum atomic E-state index is -0.223. The third kappa shape index (κ3) is 4.03. The van der Waals surface area contributed by atoms with Gasteiger partial charge in [-0.1, -0.05) is 0 Å². The molecule has 0 spiro atoms. The van der Waals surface area contributed by atoms with Crippen LogP contribution in [0.4, 0.5) is 5.69 Å². The number of carbonyl (C=O) groups is 1. The first-order chi connectivity index (χ1) is 15.5. The Morgan fingerprint density at radius 1 is 0.969 bits per heavy atom. The molecule has 0 saturated heterocycles. The van der Waals surface area contributed by atoms with Gasteiger partial charge in [-0.25, -0.2) is 14.6 Å². The van der Waals surface area contributed by atoms with E-state index in [9.17, 15) is 4.79 Å². The molecule has 0 saturated carbocycles. The summed E-state index contributed by atoms with van der Waals surface area (Å²) in [6.07, 6.45) is 1.43. The number of amides is 1. The maximum Gasteiger partial charge on any atom is 0.255 e. The highest BCUT2D eigenvalue weighted by atomic mass is 32.1. The summed E-state index contributed by atoms with van der Waals surface area (Å²) in [5.74, 6) is 1.37. The minimum absolute atomic E-state index is 0.223. The van der Waals surface area contributed by atoms with Crippen LogP contribution in [-0.4, -0.2) is 34.4 Å². The van der Waals surface area contributed by atoms with Crippen LogP contribution in [-0.2, 0) is 0 Å². The molecule has 0 radical (unpaired) electrons. The molecule has 5 aromatic rings. The summed E-state index contributed by atoms with van der Waals surface area (Å²) in [7, 11) is 0. The summed E-state index contributed by atoms with van der Waals surface area (Å²) in [5, 5.41) is 7.30. The van der Waals surface area contributed by atoms with Gasteiger partial charge in [0.2, 0.25) is 5.88 Å². The van der Waals surface area contributed by atoms with Crippen molar-refractivity contribution in [3.05, 3.63) is 77.9 Å². The maximum atomic E-state index is 12.5. The summed E-state index contributed by atoms with van der Waals surface area (Å²) < 4.78 is 15.9. The number of carbonyl (C=O) groups excluding carboxylic acids is 1. The normalized spacial score (nSPS) is 10.9. The molecule has 10 heteroatoms. The molecule has 32 heavy (non-hydrogen) atoms. The molecule has 0 aliphatic heterocycles. The SMILES string of the molecule is Cc1cc(C)n(-c2cc(Oc3ccc(NC(=O)c4ccc5nsnc5c4)cc3)ncn2)n1.